The molecule has 2 aromatic carbocycles. The van der Waals surface area contributed by atoms with Crippen molar-refractivity contribution in [1.82, 2.24) is 5.32 Å². The quantitative estimate of drug-likeness (QED) is 0.872. The maximum Gasteiger partial charge on any atom is 0.256 e. The summed E-state index contributed by atoms with van der Waals surface area (Å²) in [4.78, 5) is 12.2. The van der Waals surface area contributed by atoms with Crippen LogP contribution in [-0.2, 0) is 13.0 Å². The molecule has 0 atom stereocenters. The van der Waals surface area contributed by atoms with E-state index >= 15 is 0 Å². The Labute approximate surface area is 130 Å². The maximum atomic E-state index is 13.3. The summed E-state index contributed by atoms with van der Waals surface area (Å²) in [6.45, 7) is 1.79. The van der Waals surface area contributed by atoms with Gasteiger partial charge in [-0.15, -0.1) is 0 Å². The number of fused-ring (bicyclic) bond motifs is 1. The smallest absolute Gasteiger partial charge is 0.256 e. The number of amides is 1. The number of halogens is 2. The summed E-state index contributed by atoms with van der Waals surface area (Å²) >= 11 is 3.27. The highest BCUT2D eigenvalue weighted by molar-refractivity contribution is 9.10. The molecule has 0 unspecified atom stereocenters. The Morgan fingerprint density at radius 1 is 1.19 bits per heavy atom. The molecular formula is C16H14BrFN2O. The van der Waals surface area contributed by atoms with Gasteiger partial charge in [-0.3, -0.25) is 4.79 Å². The van der Waals surface area contributed by atoms with E-state index in [2.05, 4.69) is 26.6 Å². The fourth-order valence-corrected chi connectivity index (χ4v) is 2.85. The third kappa shape index (κ3) is 3.14. The number of rotatable bonds is 2. The minimum Gasteiger partial charge on any atom is -0.322 e. The van der Waals surface area contributed by atoms with Crippen LogP contribution in [0.5, 0.6) is 0 Å². The summed E-state index contributed by atoms with van der Waals surface area (Å²) in [7, 11) is 0. The largest absolute Gasteiger partial charge is 0.322 e. The summed E-state index contributed by atoms with van der Waals surface area (Å²) in [5.41, 5.74) is 3.50. The number of hydrogen-bond donors (Lipinski definition) is 2. The van der Waals surface area contributed by atoms with E-state index in [1.807, 2.05) is 18.2 Å². The van der Waals surface area contributed by atoms with Crippen LogP contribution in [-0.4, -0.2) is 12.5 Å². The van der Waals surface area contributed by atoms with E-state index in [1.54, 1.807) is 0 Å². The number of anilines is 1. The molecule has 0 fully saturated rings. The van der Waals surface area contributed by atoms with E-state index in [0.717, 1.165) is 25.2 Å². The molecule has 3 rings (SSSR count). The highest BCUT2D eigenvalue weighted by Crippen LogP contribution is 2.22. The summed E-state index contributed by atoms with van der Waals surface area (Å²) in [6.07, 6.45) is 0.999. The van der Waals surface area contributed by atoms with Crippen molar-refractivity contribution in [3.8, 4) is 0 Å². The third-order valence-corrected chi connectivity index (χ3v) is 4.22. The normalized spacial score (nSPS) is 13.6. The van der Waals surface area contributed by atoms with E-state index < -0.39 is 5.82 Å². The van der Waals surface area contributed by atoms with E-state index in [4.69, 9.17) is 0 Å². The molecule has 1 heterocycles. The molecule has 0 saturated carbocycles. The molecule has 2 aromatic rings. The molecule has 21 heavy (non-hydrogen) atoms. The lowest BCUT2D eigenvalue weighted by Gasteiger charge is -2.18. The van der Waals surface area contributed by atoms with Crippen molar-refractivity contribution in [1.29, 1.82) is 0 Å². The van der Waals surface area contributed by atoms with Crippen LogP contribution < -0.4 is 10.6 Å². The molecule has 0 saturated heterocycles. The molecule has 3 nitrogen and oxygen atoms in total. The predicted octanol–water partition coefficient (Wildman–Crippen LogP) is 3.49. The second kappa shape index (κ2) is 5.95. The Balaban J connectivity index is 1.83. The maximum absolute atomic E-state index is 13.3. The monoisotopic (exact) mass is 348 g/mol. The minimum atomic E-state index is -0.432. The van der Waals surface area contributed by atoms with Gasteiger partial charge in [0, 0.05) is 16.7 Å². The van der Waals surface area contributed by atoms with E-state index in [0.29, 0.717) is 4.47 Å². The topological polar surface area (TPSA) is 41.1 Å². The Morgan fingerprint density at radius 2 is 2.05 bits per heavy atom. The zero-order valence-corrected chi connectivity index (χ0v) is 12.8. The predicted molar refractivity (Wildman–Crippen MR) is 83.9 cm³/mol. The highest BCUT2D eigenvalue weighted by Gasteiger charge is 2.13. The van der Waals surface area contributed by atoms with Crippen LogP contribution in [0.2, 0.25) is 0 Å². The van der Waals surface area contributed by atoms with Crippen LogP contribution >= 0.6 is 15.9 Å². The average Bonchev–Trinajstić information content (AvgIpc) is 2.49. The van der Waals surface area contributed by atoms with E-state index in [-0.39, 0.29) is 11.5 Å². The van der Waals surface area contributed by atoms with Gasteiger partial charge in [-0.2, -0.15) is 0 Å². The van der Waals surface area contributed by atoms with Crippen molar-refractivity contribution in [2.75, 3.05) is 11.9 Å². The van der Waals surface area contributed by atoms with Crippen molar-refractivity contribution < 1.29 is 9.18 Å². The standard InChI is InChI=1S/C16H14BrFN2O/c17-15-4-2-12(18)8-14(15)16(21)20-13-3-1-10-5-6-19-9-11(10)7-13/h1-4,7-8,19H,5-6,9H2,(H,20,21). The number of carbonyl (C=O) groups excluding carboxylic acids is 1. The van der Waals surface area contributed by atoms with Crippen molar-refractivity contribution in [3.05, 3.63) is 63.4 Å². The number of nitrogens with one attached hydrogen (secondary N) is 2. The first-order chi connectivity index (χ1) is 10.1. The van der Waals surface area contributed by atoms with Crippen molar-refractivity contribution in [2.45, 2.75) is 13.0 Å². The second-order valence-electron chi connectivity index (χ2n) is 4.99. The van der Waals surface area contributed by atoms with Gasteiger partial charge in [0.15, 0.2) is 0 Å². The number of carbonyl (C=O) groups is 1. The second-order valence-corrected chi connectivity index (χ2v) is 5.84. The summed E-state index contributed by atoms with van der Waals surface area (Å²) in [6, 6.07) is 9.94. The molecule has 1 amide bonds. The van der Waals surface area contributed by atoms with E-state index in [1.165, 1.54) is 29.3 Å². The van der Waals surface area contributed by atoms with E-state index in [9.17, 15) is 9.18 Å². The van der Waals surface area contributed by atoms with Crippen LogP contribution in [0.1, 0.15) is 21.5 Å². The van der Waals surface area contributed by atoms with Gasteiger partial charge in [0.25, 0.3) is 5.91 Å². The third-order valence-electron chi connectivity index (χ3n) is 3.52. The molecule has 5 heteroatoms. The lowest BCUT2D eigenvalue weighted by Crippen LogP contribution is -2.23. The van der Waals surface area contributed by atoms with Gasteiger partial charge in [0.05, 0.1) is 5.56 Å². The number of benzene rings is 2. The summed E-state index contributed by atoms with van der Waals surface area (Å²) < 4.78 is 13.8. The Bertz CT molecular complexity index is 703. The Kier molecular flexibility index (Phi) is 4.03. The molecule has 0 aliphatic carbocycles. The molecule has 0 radical (unpaired) electrons. The molecule has 0 bridgehead atoms. The molecule has 1 aliphatic rings. The zero-order valence-electron chi connectivity index (χ0n) is 11.2. The first-order valence-electron chi connectivity index (χ1n) is 6.72. The lowest BCUT2D eigenvalue weighted by atomic mass is 10.0. The molecule has 0 spiro atoms. The number of hydrogen-bond acceptors (Lipinski definition) is 2. The molecule has 2 N–H and O–H groups in total. The fourth-order valence-electron chi connectivity index (χ4n) is 2.43. The fraction of sp³-hybridized carbons (Fsp3) is 0.188. The molecule has 108 valence electrons. The van der Waals surface area contributed by atoms with Crippen LogP contribution in [0, 0.1) is 5.82 Å². The average molecular weight is 349 g/mol. The Morgan fingerprint density at radius 3 is 2.90 bits per heavy atom. The van der Waals surface area contributed by atoms with Gasteiger partial charge < -0.3 is 10.6 Å². The van der Waals surface area contributed by atoms with Gasteiger partial charge in [-0.1, -0.05) is 6.07 Å². The van der Waals surface area contributed by atoms with Gasteiger partial charge >= 0.3 is 0 Å². The summed E-state index contributed by atoms with van der Waals surface area (Å²) in [5, 5.41) is 6.11. The zero-order chi connectivity index (χ0) is 14.8. The van der Waals surface area contributed by atoms with Gasteiger partial charge in [0.1, 0.15) is 5.82 Å². The molecule has 1 aliphatic heterocycles. The lowest BCUT2D eigenvalue weighted by molar-refractivity contribution is 0.102. The SMILES string of the molecule is O=C(Nc1ccc2c(c1)CNCC2)c1cc(F)ccc1Br. The van der Waals surface area contributed by atoms with Crippen molar-refractivity contribution in [3.63, 3.8) is 0 Å². The van der Waals surface area contributed by atoms with Gasteiger partial charge in [0.2, 0.25) is 0 Å². The van der Waals surface area contributed by atoms with Gasteiger partial charge in [-0.25, -0.2) is 4.39 Å². The minimum absolute atomic E-state index is 0.283. The van der Waals surface area contributed by atoms with Crippen molar-refractivity contribution >= 4 is 27.5 Å². The highest BCUT2D eigenvalue weighted by atomic mass is 79.9. The van der Waals surface area contributed by atoms with Crippen molar-refractivity contribution in [2.24, 2.45) is 0 Å². The van der Waals surface area contributed by atoms with Gasteiger partial charge in [-0.05, 0) is 70.4 Å². The first kappa shape index (κ1) is 14.2. The van der Waals surface area contributed by atoms with Crippen LogP contribution in [0.4, 0.5) is 10.1 Å². The van der Waals surface area contributed by atoms with Crippen LogP contribution in [0.15, 0.2) is 40.9 Å². The summed E-state index contributed by atoms with van der Waals surface area (Å²) in [5.74, 6) is -0.761. The first-order valence-corrected chi connectivity index (χ1v) is 7.52. The Hall–Kier alpha value is -1.72. The molecule has 0 aromatic heterocycles. The van der Waals surface area contributed by atoms with Crippen LogP contribution in [0.25, 0.3) is 0 Å². The van der Waals surface area contributed by atoms with Crippen LogP contribution in [0.3, 0.4) is 0 Å². The molecular weight excluding hydrogens is 335 g/mol.